The Hall–Kier alpha value is -0.610. The van der Waals surface area contributed by atoms with Gasteiger partial charge >= 0.3 is 0 Å². The molecule has 0 saturated carbocycles. The van der Waals surface area contributed by atoms with E-state index in [1.54, 1.807) is 0 Å². The second-order valence-corrected chi connectivity index (χ2v) is 5.90. The lowest BCUT2D eigenvalue weighted by molar-refractivity contribution is -0.122. The average molecular weight is 255 g/mol. The molecular formula is C14H29N3O. The minimum absolute atomic E-state index is 0.137. The first-order chi connectivity index (χ1) is 8.54. The molecule has 0 radical (unpaired) electrons. The number of nitrogens with zero attached hydrogens (tertiary/aromatic N) is 1. The second kappa shape index (κ2) is 7.74. The van der Waals surface area contributed by atoms with E-state index in [4.69, 9.17) is 5.73 Å². The van der Waals surface area contributed by atoms with Crippen molar-refractivity contribution in [1.82, 2.24) is 10.2 Å². The SMILES string of the molecule is CC(CN)CC(=O)NCC(C(C)C)N1CCCC1. The molecule has 1 heterocycles. The van der Waals surface area contributed by atoms with Crippen molar-refractivity contribution >= 4 is 5.91 Å². The minimum atomic E-state index is 0.137. The van der Waals surface area contributed by atoms with Crippen LogP contribution in [0.3, 0.4) is 0 Å². The first-order valence-corrected chi connectivity index (χ1v) is 7.25. The van der Waals surface area contributed by atoms with Gasteiger partial charge in [0.05, 0.1) is 0 Å². The number of amides is 1. The Morgan fingerprint density at radius 2 is 1.89 bits per heavy atom. The number of carbonyl (C=O) groups is 1. The van der Waals surface area contributed by atoms with Crippen LogP contribution in [0.1, 0.15) is 40.0 Å². The summed E-state index contributed by atoms with van der Waals surface area (Å²) in [6.45, 7) is 10.2. The van der Waals surface area contributed by atoms with Gasteiger partial charge in [0, 0.05) is 19.0 Å². The third kappa shape index (κ3) is 4.94. The van der Waals surface area contributed by atoms with Crippen LogP contribution in [0.5, 0.6) is 0 Å². The molecule has 0 aromatic rings. The molecular weight excluding hydrogens is 226 g/mol. The van der Waals surface area contributed by atoms with Crippen molar-refractivity contribution in [3.05, 3.63) is 0 Å². The van der Waals surface area contributed by atoms with Gasteiger partial charge in [-0.2, -0.15) is 0 Å². The molecule has 18 heavy (non-hydrogen) atoms. The van der Waals surface area contributed by atoms with E-state index >= 15 is 0 Å². The maximum atomic E-state index is 11.8. The van der Waals surface area contributed by atoms with E-state index in [2.05, 4.69) is 24.1 Å². The molecule has 3 N–H and O–H groups in total. The summed E-state index contributed by atoms with van der Waals surface area (Å²) in [4.78, 5) is 14.3. The number of carbonyl (C=O) groups excluding carboxylic acids is 1. The maximum Gasteiger partial charge on any atom is 0.220 e. The monoisotopic (exact) mass is 255 g/mol. The Labute approximate surface area is 111 Å². The van der Waals surface area contributed by atoms with Crippen molar-refractivity contribution in [3.63, 3.8) is 0 Å². The van der Waals surface area contributed by atoms with Gasteiger partial charge in [-0.15, -0.1) is 0 Å². The Balaban J connectivity index is 2.35. The molecule has 1 rings (SSSR count). The molecule has 4 nitrogen and oxygen atoms in total. The molecule has 2 unspecified atom stereocenters. The summed E-state index contributed by atoms with van der Waals surface area (Å²) in [5.74, 6) is 0.988. The fraction of sp³-hybridized carbons (Fsp3) is 0.929. The van der Waals surface area contributed by atoms with Crippen LogP contribution in [0, 0.1) is 11.8 Å². The van der Waals surface area contributed by atoms with E-state index in [1.807, 2.05) is 6.92 Å². The average Bonchev–Trinajstić information content (AvgIpc) is 2.82. The number of hydrogen-bond donors (Lipinski definition) is 2. The van der Waals surface area contributed by atoms with Gasteiger partial charge in [0.1, 0.15) is 0 Å². The van der Waals surface area contributed by atoms with Gasteiger partial charge in [-0.05, 0) is 44.3 Å². The summed E-state index contributed by atoms with van der Waals surface area (Å²) >= 11 is 0. The number of nitrogens with one attached hydrogen (secondary N) is 1. The van der Waals surface area contributed by atoms with Crippen molar-refractivity contribution < 1.29 is 4.79 Å². The van der Waals surface area contributed by atoms with E-state index in [9.17, 15) is 4.79 Å². The zero-order valence-electron chi connectivity index (χ0n) is 12.1. The fourth-order valence-electron chi connectivity index (χ4n) is 2.55. The molecule has 1 amide bonds. The highest BCUT2D eigenvalue weighted by Gasteiger charge is 2.24. The predicted octanol–water partition coefficient (Wildman–Crippen LogP) is 1.21. The summed E-state index contributed by atoms with van der Waals surface area (Å²) in [5, 5.41) is 3.07. The van der Waals surface area contributed by atoms with Crippen molar-refractivity contribution in [2.24, 2.45) is 17.6 Å². The molecule has 0 aromatic carbocycles. The summed E-state index contributed by atoms with van der Waals surface area (Å²) in [6.07, 6.45) is 3.13. The lowest BCUT2D eigenvalue weighted by Gasteiger charge is -2.31. The number of hydrogen-bond acceptors (Lipinski definition) is 3. The van der Waals surface area contributed by atoms with E-state index < -0.39 is 0 Å². The van der Waals surface area contributed by atoms with E-state index in [0.717, 1.165) is 6.54 Å². The van der Waals surface area contributed by atoms with E-state index in [-0.39, 0.29) is 11.8 Å². The number of rotatable bonds is 7. The van der Waals surface area contributed by atoms with Gasteiger partial charge in [0.25, 0.3) is 0 Å². The van der Waals surface area contributed by atoms with Crippen LogP contribution in [0.15, 0.2) is 0 Å². The molecule has 0 spiro atoms. The molecule has 2 atom stereocenters. The summed E-state index contributed by atoms with van der Waals surface area (Å²) < 4.78 is 0. The van der Waals surface area contributed by atoms with Gasteiger partial charge in [0.15, 0.2) is 0 Å². The van der Waals surface area contributed by atoms with Gasteiger partial charge in [-0.1, -0.05) is 20.8 Å². The standard InChI is InChI=1S/C14H29N3O/c1-11(2)13(17-6-4-5-7-17)10-16-14(18)8-12(3)9-15/h11-13H,4-10,15H2,1-3H3,(H,16,18). The van der Waals surface area contributed by atoms with Gasteiger partial charge in [-0.3, -0.25) is 9.69 Å². The first kappa shape index (κ1) is 15.4. The zero-order chi connectivity index (χ0) is 13.5. The Bertz CT molecular complexity index is 249. The molecule has 0 aromatic heterocycles. The Morgan fingerprint density at radius 3 is 2.39 bits per heavy atom. The van der Waals surface area contributed by atoms with E-state index in [0.29, 0.717) is 24.9 Å². The zero-order valence-corrected chi connectivity index (χ0v) is 12.1. The summed E-state index contributed by atoms with van der Waals surface area (Å²) in [6, 6.07) is 0.477. The highest BCUT2D eigenvalue weighted by Crippen LogP contribution is 2.17. The predicted molar refractivity (Wildman–Crippen MR) is 75.3 cm³/mol. The van der Waals surface area contributed by atoms with Crippen LogP contribution in [-0.4, -0.2) is 43.0 Å². The van der Waals surface area contributed by atoms with E-state index in [1.165, 1.54) is 25.9 Å². The Kier molecular flexibility index (Phi) is 6.65. The van der Waals surface area contributed by atoms with Crippen molar-refractivity contribution in [2.75, 3.05) is 26.2 Å². The largest absolute Gasteiger partial charge is 0.355 e. The smallest absolute Gasteiger partial charge is 0.220 e. The van der Waals surface area contributed by atoms with Crippen molar-refractivity contribution in [3.8, 4) is 0 Å². The molecule has 1 fully saturated rings. The first-order valence-electron chi connectivity index (χ1n) is 7.25. The highest BCUT2D eigenvalue weighted by atomic mass is 16.1. The topological polar surface area (TPSA) is 58.4 Å². The van der Waals surface area contributed by atoms with Crippen LogP contribution < -0.4 is 11.1 Å². The van der Waals surface area contributed by atoms with Crippen LogP contribution in [-0.2, 0) is 4.79 Å². The molecule has 4 heteroatoms. The van der Waals surface area contributed by atoms with Crippen molar-refractivity contribution in [2.45, 2.75) is 46.1 Å². The van der Waals surface area contributed by atoms with Crippen LogP contribution in [0.2, 0.25) is 0 Å². The normalized spacial score (nSPS) is 20.1. The van der Waals surface area contributed by atoms with Crippen LogP contribution in [0.25, 0.3) is 0 Å². The molecule has 0 aliphatic carbocycles. The molecule has 1 aliphatic heterocycles. The second-order valence-electron chi connectivity index (χ2n) is 5.90. The summed E-state index contributed by atoms with van der Waals surface area (Å²) in [5.41, 5.74) is 5.54. The highest BCUT2D eigenvalue weighted by molar-refractivity contribution is 5.76. The quantitative estimate of drug-likeness (QED) is 0.719. The fourth-order valence-corrected chi connectivity index (χ4v) is 2.55. The Morgan fingerprint density at radius 1 is 1.28 bits per heavy atom. The number of likely N-dealkylation sites (tertiary alicyclic amines) is 1. The van der Waals surface area contributed by atoms with Gasteiger partial charge in [0.2, 0.25) is 5.91 Å². The van der Waals surface area contributed by atoms with Crippen molar-refractivity contribution in [1.29, 1.82) is 0 Å². The third-order valence-corrected chi connectivity index (χ3v) is 3.82. The lowest BCUT2D eigenvalue weighted by Crippen LogP contribution is -2.45. The molecule has 1 saturated heterocycles. The van der Waals surface area contributed by atoms with Crippen LogP contribution >= 0.6 is 0 Å². The maximum absolute atomic E-state index is 11.8. The summed E-state index contributed by atoms with van der Waals surface area (Å²) in [7, 11) is 0. The molecule has 106 valence electrons. The minimum Gasteiger partial charge on any atom is -0.355 e. The molecule has 0 bridgehead atoms. The lowest BCUT2D eigenvalue weighted by atomic mass is 10.0. The molecule has 1 aliphatic rings. The van der Waals surface area contributed by atoms with Gasteiger partial charge < -0.3 is 11.1 Å². The number of nitrogens with two attached hydrogens (primary N) is 1. The van der Waals surface area contributed by atoms with Gasteiger partial charge in [-0.25, -0.2) is 0 Å². The third-order valence-electron chi connectivity index (χ3n) is 3.82. The van der Waals surface area contributed by atoms with Crippen LogP contribution in [0.4, 0.5) is 0 Å².